The van der Waals surface area contributed by atoms with Gasteiger partial charge >= 0.3 is 0 Å². The predicted octanol–water partition coefficient (Wildman–Crippen LogP) is 5.29. The average Bonchev–Trinajstić information content (AvgIpc) is 2.83. The Kier molecular flexibility index (Phi) is 7.89. The third-order valence-electron chi connectivity index (χ3n) is 6.20. The number of hydrogen-bond acceptors (Lipinski definition) is 5. The van der Waals surface area contributed by atoms with Crippen LogP contribution < -0.4 is 4.90 Å². The number of piperidine rings is 1. The molecule has 1 fully saturated rings. The Morgan fingerprint density at radius 2 is 1.77 bits per heavy atom. The molecule has 0 spiro atoms. The van der Waals surface area contributed by atoms with Gasteiger partial charge in [-0.05, 0) is 60.2 Å². The summed E-state index contributed by atoms with van der Waals surface area (Å²) in [6.07, 6.45) is 2.69. The van der Waals surface area contributed by atoms with E-state index in [1.54, 1.807) is 34.8 Å². The summed E-state index contributed by atoms with van der Waals surface area (Å²) in [6.45, 7) is 5.63. The Morgan fingerprint density at radius 1 is 1.03 bits per heavy atom. The van der Waals surface area contributed by atoms with E-state index in [0.29, 0.717) is 47.9 Å². The van der Waals surface area contributed by atoms with Crippen LogP contribution in [0.5, 0.6) is 0 Å². The molecule has 1 aliphatic heterocycles. The van der Waals surface area contributed by atoms with Gasteiger partial charge in [0.2, 0.25) is 10.0 Å². The predicted molar refractivity (Wildman–Crippen MR) is 139 cm³/mol. The summed E-state index contributed by atoms with van der Waals surface area (Å²) in [7, 11) is -3.68. The second-order valence-corrected chi connectivity index (χ2v) is 11.8. The summed E-state index contributed by atoms with van der Waals surface area (Å²) in [5.74, 6) is 1.07. The number of sulfonamides is 1. The number of benzene rings is 2. The molecule has 2 aromatic carbocycles. The van der Waals surface area contributed by atoms with Crippen LogP contribution >= 0.6 is 11.6 Å². The fraction of sp³-hybridized carbons (Fsp3) is 0.333. The van der Waals surface area contributed by atoms with Gasteiger partial charge < -0.3 is 4.90 Å². The van der Waals surface area contributed by atoms with Crippen molar-refractivity contribution < 1.29 is 13.2 Å². The molecule has 2 unspecified atom stereocenters. The molecule has 0 radical (unpaired) electrons. The maximum absolute atomic E-state index is 13.4. The lowest BCUT2D eigenvalue weighted by Gasteiger charge is -2.34. The monoisotopic (exact) mass is 511 g/mol. The van der Waals surface area contributed by atoms with E-state index >= 15 is 0 Å². The van der Waals surface area contributed by atoms with Crippen LogP contribution in [0.1, 0.15) is 36.2 Å². The minimum Gasteiger partial charge on any atom is -0.345 e. The smallest absolute Gasteiger partial charge is 0.243 e. The van der Waals surface area contributed by atoms with E-state index in [2.05, 4.69) is 18.8 Å². The first-order valence-electron chi connectivity index (χ1n) is 11.8. The number of Topliss-reactive ketones (excluding diaryl/α,β-unsaturated/α-hetero) is 1. The number of pyridine rings is 1. The van der Waals surface area contributed by atoms with Crippen molar-refractivity contribution in [3.63, 3.8) is 0 Å². The fourth-order valence-electron chi connectivity index (χ4n) is 4.66. The number of carbonyl (C=O) groups excluding carboxylic acids is 1. The molecule has 4 rings (SSSR count). The highest BCUT2D eigenvalue weighted by Gasteiger charge is 2.32. The van der Waals surface area contributed by atoms with E-state index in [9.17, 15) is 13.2 Å². The number of ketones is 1. The second-order valence-electron chi connectivity index (χ2n) is 9.39. The molecule has 0 bridgehead atoms. The van der Waals surface area contributed by atoms with Crippen molar-refractivity contribution in [2.24, 2.45) is 11.8 Å². The lowest BCUT2D eigenvalue weighted by atomic mass is 9.94. The van der Waals surface area contributed by atoms with Crippen LogP contribution in [0.15, 0.2) is 77.8 Å². The van der Waals surface area contributed by atoms with Gasteiger partial charge in [-0.15, -0.1) is 0 Å². The highest BCUT2D eigenvalue weighted by atomic mass is 35.5. The van der Waals surface area contributed by atoms with Crippen molar-refractivity contribution in [1.29, 1.82) is 0 Å². The number of rotatable bonds is 8. The van der Waals surface area contributed by atoms with Crippen molar-refractivity contribution in [2.75, 3.05) is 24.5 Å². The van der Waals surface area contributed by atoms with Crippen LogP contribution in [0.25, 0.3) is 0 Å². The summed E-state index contributed by atoms with van der Waals surface area (Å²) < 4.78 is 28.3. The van der Waals surface area contributed by atoms with E-state index in [4.69, 9.17) is 11.6 Å². The van der Waals surface area contributed by atoms with Gasteiger partial charge in [-0.25, -0.2) is 13.4 Å². The largest absolute Gasteiger partial charge is 0.345 e. The Bertz CT molecular complexity index is 1270. The van der Waals surface area contributed by atoms with Crippen LogP contribution in [0.4, 0.5) is 5.82 Å². The maximum Gasteiger partial charge on any atom is 0.243 e. The third kappa shape index (κ3) is 6.28. The summed E-state index contributed by atoms with van der Waals surface area (Å²) in [6, 6.07) is 19.4. The van der Waals surface area contributed by atoms with Gasteiger partial charge in [0, 0.05) is 36.4 Å². The minimum absolute atomic E-state index is 0.0464. The van der Waals surface area contributed by atoms with E-state index in [1.807, 2.05) is 41.3 Å². The molecule has 35 heavy (non-hydrogen) atoms. The Balaban J connectivity index is 1.57. The first-order valence-corrected chi connectivity index (χ1v) is 13.6. The molecule has 2 atom stereocenters. The molecule has 2 heterocycles. The Labute approximate surface area is 212 Å². The highest BCUT2D eigenvalue weighted by molar-refractivity contribution is 7.89. The molecule has 0 N–H and O–H groups in total. The first kappa shape index (κ1) is 25.4. The van der Waals surface area contributed by atoms with Crippen molar-refractivity contribution in [1.82, 2.24) is 9.29 Å². The van der Waals surface area contributed by atoms with Gasteiger partial charge in [0.25, 0.3) is 0 Å². The topological polar surface area (TPSA) is 70.6 Å². The number of carbonyl (C=O) groups is 1. The zero-order chi connectivity index (χ0) is 25.0. The lowest BCUT2D eigenvalue weighted by molar-refractivity contribution is 0.0998. The Morgan fingerprint density at radius 3 is 2.46 bits per heavy atom. The standard InChI is InChI=1S/C27H30ClN3O3S/c1-20-13-21(2)17-31(16-20)35(33,34)25-10-6-8-23(15-25)26(32)19-30(27-11-3-4-12-29-27)18-22-7-5-9-24(28)14-22/h3-12,14-15,20-21H,13,16-19H2,1-2H3. The van der Waals surface area contributed by atoms with Crippen LogP contribution in [-0.2, 0) is 16.6 Å². The number of nitrogens with zero attached hydrogens (tertiary/aromatic N) is 3. The number of anilines is 1. The minimum atomic E-state index is -3.68. The zero-order valence-electron chi connectivity index (χ0n) is 20.0. The summed E-state index contributed by atoms with van der Waals surface area (Å²) in [5.41, 5.74) is 1.30. The van der Waals surface area contributed by atoms with Crippen LogP contribution in [0.3, 0.4) is 0 Å². The van der Waals surface area contributed by atoms with Gasteiger partial charge in [-0.3, -0.25) is 4.79 Å². The van der Waals surface area contributed by atoms with Gasteiger partial charge in [-0.1, -0.05) is 55.8 Å². The first-order chi connectivity index (χ1) is 16.7. The average molecular weight is 512 g/mol. The molecule has 6 nitrogen and oxygen atoms in total. The second kappa shape index (κ2) is 10.9. The van der Waals surface area contributed by atoms with E-state index in [0.717, 1.165) is 12.0 Å². The lowest BCUT2D eigenvalue weighted by Crippen LogP contribution is -2.42. The summed E-state index contributed by atoms with van der Waals surface area (Å²) >= 11 is 6.16. The molecular formula is C27H30ClN3O3S. The third-order valence-corrected chi connectivity index (χ3v) is 8.26. The Hall–Kier alpha value is -2.74. The van der Waals surface area contributed by atoms with Crippen molar-refractivity contribution in [3.8, 4) is 0 Å². The van der Waals surface area contributed by atoms with Crippen molar-refractivity contribution in [3.05, 3.63) is 89.1 Å². The zero-order valence-corrected chi connectivity index (χ0v) is 21.5. The summed E-state index contributed by atoms with van der Waals surface area (Å²) in [4.78, 5) is 19.8. The van der Waals surface area contributed by atoms with E-state index in [1.165, 1.54) is 6.07 Å². The van der Waals surface area contributed by atoms with Crippen LogP contribution in [0.2, 0.25) is 5.02 Å². The molecule has 0 amide bonds. The van der Waals surface area contributed by atoms with Crippen LogP contribution in [-0.4, -0.2) is 43.1 Å². The number of hydrogen-bond donors (Lipinski definition) is 0. The molecule has 3 aromatic rings. The van der Waals surface area contributed by atoms with E-state index < -0.39 is 10.0 Å². The van der Waals surface area contributed by atoms with E-state index in [-0.39, 0.29) is 17.2 Å². The van der Waals surface area contributed by atoms with Crippen molar-refractivity contribution >= 4 is 33.2 Å². The molecule has 0 aliphatic carbocycles. The maximum atomic E-state index is 13.4. The molecule has 0 saturated carbocycles. The molecule has 8 heteroatoms. The van der Waals surface area contributed by atoms with Crippen molar-refractivity contribution in [2.45, 2.75) is 31.7 Å². The number of halogens is 1. The normalized spacial score (nSPS) is 18.8. The molecular weight excluding hydrogens is 482 g/mol. The fourth-order valence-corrected chi connectivity index (χ4v) is 6.60. The quantitative estimate of drug-likeness (QED) is 0.384. The van der Waals surface area contributed by atoms with Gasteiger partial charge in [0.05, 0.1) is 11.4 Å². The molecule has 184 valence electrons. The van der Waals surface area contributed by atoms with Gasteiger partial charge in [-0.2, -0.15) is 4.31 Å². The molecule has 1 saturated heterocycles. The number of aromatic nitrogens is 1. The molecule has 1 aliphatic rings. The summed E-state index contributed by atoms with van der Waals surface area (Å²) in [5, 5.41) is 0.619. The van der Waals surface area contributed by atoms with Gasteiger partial charge in [0.15, 0.2) is 5.78 Å². The van der Waals surface area contributed by atoms with Gasteiger partial charge in [0.1, 0.15) is 5.82 Å². The van der Waals surface area contributed by atoms with Crippen LogP contribution in [0, 0.1) is 11.8 Å². The SMILES string of the molecule is CC1CC(C)CN(S(=O)(=O)c2cccc(C(=O)CN(Cc3cccc(Cl)c3)c3ccccn3)c2)C1. The molecule has 1 aromatic heterocycles. The highest BCUT2D eigenvalue weighted by Crippen LogP contribution is 2.27.